The van der Waals surface area contributed by atoms with Crippen molar-refractivity contribution in [2.45, 2.75) is 26.7 Å². The van der Waals surface area contributed by atoms with Crippen molar-refractivity contribution < 1.29 is 14.2 Å². The number of nitrogens with zero attached hydrogens (tertiary/aromatic N) is 2. The van der Waals surface area contributed by atoms with Gasteiger partial charge in [0.15, 0.2) is 11.6 Å². The lowest BCUT2D eigenvalue weighted by molar-refractivity contribution is 0.397. The Bertz CT molecular complexity index is 1260. The number of nitrogens with one attached hydrogen (secondary N) is 1. The smallest absolute Gasteiger partial charge is 0.349 e. The van der Waals surface area contributed by atoms with E-state index >= 15 is 4.39 Å². The third-order valence-corrected chi connectivity index (χ3v) is 5.75. The molecule has 1 atom stereocenters. The highest BCUT2D eigenvalue weighted by Gasteiger charge is 2.31. The quantitative estimate of drug-likeness (QED) is 0.307. The van der Waals surface area contributed by atoms with Crippen LogP contribution in [0.25, 0.3) is 5.69 Å². The second-order valence-corrected chi connectivity index (χ2v) is 8.14. The molecule has 0 spiro atoms. The van der Waals surface area contributed by atoms with E-state index in [4.69, 9.17) is 33.7 Å². The molecule has 170 valence electrons. The molecule has 0 radical (unpaired) electrons. The summed E-state index contributed by atoms with van der Waals surface area (Å²) in [7, 11) is 0. The zero-order valence-corrected chi connectivity index (χ0v) is 18.8. The van der Waals surface area contributed by atoms with Crippen molar-refractivity contribution >= 4 is 29.0 Å². The van der Waals surface area contributed by atoms with E-state index in [1.165, 1.54) is 0 Å². The lowest BCUT2D eigenvalue weighted by atomic mass is 9.94. The van der Waals surface area contributed by atoms with Gasteiger partial charge in [0.1, 0.15) is 22.2 Å². The number of aliphatic hydroxyl groups excluding tert-OH is 1. The number of aliphatic hydroxyl groups is 1. The number of aromatic nitrogens is 3. The van der Waals surface area contributed by atoms with Gasteiger partial charge in [0.2, 0.25) is 5.82 Å². The second-order valence-electron chi connectivity index (χ2n) is 7.36. The standard InChI is InChI=1S/C21H21Cl2FN4O4/c1-4-12(7-13(10(3)29)9(2)11-5-6-11)32-18-14(22)8-15(17(24)16(18)23)28-21(31)26-20(30)19(25)27-28/h4,7-9,11,29H,3,5-6H2,1-2H3,(H2,25,27)(H,26,30,31)/b12-4+,13-7-. The van der Waals surface area contributed by atoms with Crippen LogP contribution in [0.4, 0.5) is 10.2 Å². The van der Waals surface area contributed by atoms with Crippen LogP contribution in [0.3, 0.4) is 0 Å². The highest BCUT2D eigenvalue weighted by molar-refractivity contribution is 6.37. The topological polar surface area (TPSA) is 123 Å². The Morgan fingerprint density at radius 3 is 2.69 bits per heavy atom. The fourth-order valence-electron chi connectivity index (χ4n) is 3.16. The molecule has 1 fully saturated rings. The summed E-state index contributed by atoms with van der Waals surface area (Å²) in [5, 5.41) is 13.0. The van der Waals surface area contributed by atoms with Gasteiger partial charge in [-0.05, 0) is 49.8 Å². The van der Waals surface area contributed by atoms with Crippen LogP contribution in [0, 0.1) is 17.7 Å². The molecule has 1 saturated carbocycles. The first kappa shape index (κ1) is 23.6. The predicted octanol–water partition coefficient (Wildman–Crippen LogP) is 4.28. The number of H-pyrrole nitrogens is 1. The summed E-state index contributed by atoms with van der Waals surface area (Å²) in [6.45, 7) is 7.28. The van der Waals surface area contributed by atoms with E-state index in [-0.39, 0.29) is 28.2 Å². The van der Waals surface area contributed by atoms with Gasteiger partial charge in [-0.25, -0.2) is 9.18 Å². The van der Waals surface area contributed by atoms with E-state index in [1.54, 1.807) is 19.1 Å². The SMILES string of the molecule is C=C(O)/C(=C\C(=C/C)Oc1c(Cl)cc(-n2nc(N)c(=O)[nH]c2=O)c(F)c1Cl)C(C)C1CC1. The Labute approximate surface area is 192 Å². The molecule has 3 rings (SSSR count). The van der Waals surface area contributed by atoms with Gasteiger partial charge in [-0.15, -0.1) is 5.10 Å². The van der Waals surface area contributed by atoms with E-state index in [9.17, 15) is 14.7 Å². The van der Waals surface area contributed by atoms with Crippen LogP contribution >= 0.6 is 23.2 Å². The first-order chi connectivity index (χ1) is 15.0. The number of ether oxygens (including phenoxy) is 1. The summed E-state index contributed by atoms with van der Waals surface area (Å²) in [5.74, 6) is -1.15. The summed E-state index contributed by atoms with van der Waals surface area (Å²) in [6, 6.07) is 1.07. The summed E-state index contributed by atoms with van der Waals surface area (Å²) < 4.78 is 21.3. The number of anilines is 1. The molecule has 0 aliphatic heterocycles. The van der Waals surface area contributed by atoms with Gasteiger partial charge in [0.25, 0.3) is 5.56 Å². The van der Waals surface area contributed by atoms with Crippen LogP contribution in [0.2, 0.25) is 10.0 Å². The van der Waals surface area contributed by atoms with Crippen molar-refractivity contribution in [3.63, 3.8) is 0 Å². The number of hydrogen-bond acceptors (Lipinski definition) is 6. The van der Waals surface area contributed by atoms with Crippen molar-refractivity contribution in [1.29, 1.82) is 0 Å². The molecule has 11 heteroatoms. The van der Waals surface area contributed by atoms with E-state index < -0.39 is 33.6 Å². The lowest BCUT2D eigenvalue weighted by Crippen LogP contribution is -2.33. The third-order valence-electron chi connectivity index (χ3n) is 5.13. The second kappa shape index (κ2) is 9.22. The van der Waals surface area contributed by atoms with Gasteiger partial charge in [-0.1, -0.05) is 36.7 Å². The maximum Gasteiger partial charge on any atom is 0.349 e. The molecule has 32 heavy (non-hydrogen) atoms. The molecular formula is C21H21Cl2FN4O4. The highest BCUT2D eigenvalue weighted by Crippen LogP contribution is 2.43. The van der Waals surface area contributed by atoms with Crippen LogP contribution in [0.5, 0.6) is 5.75 Å². The molecule has 0 saturated heterocycles. The molecule has 0 amide bonds. The van der Waals surface area contributed by atoms with Crippen LogP contribution < -0.4 is 21.7 Å². The molecule has 1 heterocycles. The molecule has 0 bridgehead atoms. The van der Waals surface area contributed by atoms with Gasteiger partial charge < -0.3 is 15.6 Å². The molecule has 1 aliphatic carbocycles. The Morgan fingerprint density at radius 1 is 1.47 bits per heavy atom. The third kappa shape index (κ3) is 4.73. The molecule has 1 unspecified atom stereocenters. The average Bonchev–Trinajstić information content (AvgIpc) is 3.58. The average molecular weight is 483 g/mol. The van der Waals surface area contributed by atoms with E-state index in [0.29, 0.717) is 16.2 Å². The zero-order valence-electron chi connectivity index (χ0n) is 17.3. The zero-order chi connectivity index (χ0) is 23.7. The van der Waals surface area contributed by atoms with Crippen molar-refractivity contribution in [3.8, 4) is 11.4 Å². The summed E-state index contributed by atoms with van der Waals surface area (Å²) in [5.41, 5.74) is 3.65. The van der Waals surface area contributed by atoms with E-state index in [0.717, 1.165) is 18.9 Å². The van der Waals surface area contributed by atoms with Crippen LogP contribution in [-0.4, -0.2) is 19.9 Å². The molecular weight excluding hydrogens is 462 g/mol. The first-order valence-corrected chi connectivity index (χ1v) is 10.4. The lowest BCUT2D eigenvalue weighted by Gasteiger charge is -2.17. The van der Waals surface area contributed by atoms with E-state index in [1.807, 2.05) is 11.9 Å². The van der Waals surface area contributed by atoms with Crippen molar-refractivity contribution in [2.75, 3.05) is 5.73 Å². The summed E-state index contributed by atoms with van der Waals surface area (Å²) in [4.78, 5) is 25.4. The van der Waals surface area contributed by atoms with Gasteiger partial charge >= 0.3 is 5.69 Å². The molecule has 1 aromatic carbocycles. The Kier molecular flexibility index (Phi) is 6.80. The van der Waals surface area contributed by atoms with Gasteiger partial charge in [-0.2, -0.15) is 4.68 Å². The Hall–Kier alpha value is -3.04. The number of halogens is 3. The highest BCUT2D eigenvalue weighted by atomic mass is 35.5. The van der Waals surface area contributed by atoms with Crippen molar-refractivity contribution in [3.05, 3.63) is 78.6 Å². The molecule has 2 aromatic rings. The van der Waals surface area contributed by atoms with Gasteiger partial charge in [0.05, 0.1) is 5.02 Å². The Morgan fingerprint density at radius 2 is 2.12 bits per heavy atom. The maximum absolute atomic E-state index is 15.0. The maximum atomic E-state index is 15.0. The van der Waals surface area contributed by atoms with Crippen LogP contribution in [0.1, 0.15) is 26.7 Å². The fraction of sp³-hybridized carbons (Fsp3) is 0.286. The molecule has 4 N–H and O–H groups in total. The summed E-state index contributed by atoms with van der Waals surface area (Å²) in [6.07, 6.45) is 5.31. The van der Waals surface area contributed by atoms with Crippen molar-refractivity contribution in [1.82, 2.24) is 14.8 Å². The minimum Gasteiger partial charge on any atom is -0.508 e. The number of nitrogen functional groups attached to an aromatic ring is 1. The van der Waals surface area contributed by atoms with Crippen LogP contribution in [-0.2, 0) is 0 Å². The fourth-order valence-corrected chi connectivity index (χ4v) is 3.68. The first-order valence-electron chi connectivity index (χ1n) is 9.66. The minimum absolute atomic E-state index is 0.0553. The van der Waals surface area contributed by atoms with Crippen LogP contribution in [0.15, 0.2) is 51.5 Å². The predicted molar refractivity (Wildman–Crippen MR) is 121 cm³/mol. The van der Waals surface area contributed by atoms with Gasteiger partial charge in [0, 0.05) is 5.57 Å². The molecule has 8 nitrogen and oxygen atoms in total. The number of hydrogen-bond donors (Lipinski definition) is 3. The number of rotatable bonds is 7. The van der Waals surface area contributed by atoms with Crippen molar-refractivity contribution in [2.24, 2.45) is 11.8 Å². The monoisotopic (exact) mass is 482 g/mol. The van der Waals surface area contributed by atoms with E-state index in [2.05, 4.69) is 11.7 Å². The normalized spacial score (nSPS) is 15.5. The minimum atomic E-state index is -1.07. The summed E-state index contributed by atoms with van der Waals surface area (Å²) >= 11 is 12.4. The number of nitrogens with two attached hydrogens (primary N) is 1. The number of benzene rings is 1. The van der Waals surface area contributed by atoms with Gasteiger partial charge in [-0.3, -0.25) is 9.78 Å². The largest absolute Gasteiger partial charge is 0.508 e. The molecule has 1 aromatic heterocycles. The number of allylic oxidation sites excluding steroid dienone is 3. The number of aromatic amines is 1. The molecule has 1 aliphatic rings. The Balaban J connectivity index is 2.02.